The summed E-state index contributed by atoms with van der Waals surface area (Å²) in [7, 11) is 1.87. The van der Waals surface area contributed by atoms with Crippen LogP contribution >= 0.6 is 0 Å². The summed E-state index contributed by atoms with van der Waals surface area (Å²) in [5.41, 5.74) is 7.30. The zero-order valence-corrected chi connectivity index (χ0v) is 20.9. The Labute approximate surface area is 207 Å². The number of hydrogen-bond acceptors (Lipinski definition) is 4. The van der Waals surface area contributed by atoms with Crippen LogP contribution in [0.25, 0.3) is 10.9 Å². The van der Waals surface area contributed by atoms with Gasteiger partial charge in [0.05, 0.1) is 23.8 Å². The normalized spacial score (nSPS) is 16.8. The highest BCUT2D eigenvalue weighted by Gasteiger charge is 2.35. The first-order valence-electron chi connectivity index (χ1n) is 12.4. The summed E-state index contributed by atoms with van der Waals surface area (Å²) >= 11 is 0. The molecule has 35 heavy (non-hydrogen) atoms. The van der Waals surface area contributed by atoms with Crippen molar-refractivity contribution in [3.05, 3.63) is 100 Å². The van der Waals surface area contributed by atoms with E-state index >= 15 is 0 Å². The molecule has 0 saturated carbocycles. The van der Waals surface area contributed by atoms with E-state index in [2.05, 4.69) is 66.6 Å². The van der Waals surface area contributed by atoms with Gasteiger partial charge in [-0.2, -0.15) is 0 Å². The number of aryl methyl sites for hydroxylation is 2. The number of aromatic nitrogens is 2. The molecule has 0 fully saturated rings. The molecule has 0 aliphatic heterocycles. The standard InChI is InChI=1S/C30H32N4O/c1-5-21-10-12-24(32-17-21)18-34(28-15-19(2)25-8-6-7-9-26(25)28)30(35)22-11-13-27-23(16-22)14-20(3)29(31-4)33-27/h6-14,16-17,19,28H,5,15,18H2,1-4H3,(H,31,33). The van der Waals surface area contributed by atoms with Crippen LogP contribution in [0.15, 0.2) is 66.9 Å². The average Bonchev–Trinajstić information content (AvgIpc) is 3.22. The van der Waals surface area contributed by atoms with Crippen molar-refractivity contribution in [2.45, 2.75) is 52.1 Å². The van der Waals surface area contributed by atoms with Gasteiger partial charge in [0.1, 0.15) is 5.82 Å². The molecular formula is C30H32N4O. The van der Waals surface area contributed by atoms with Crippen LogP contribution in [-0.2, 0) is 13.0 Å². The second-order valence-corrected chi connectivity index (χ2v) is 9.54. The van der Waals surface area contributed by atoms with Crippen LogP contribution in [0.4, 0.5) is 5.82 Å². The Morgan fingerprint density at radius 1 is 1.09 bits per heavy atom. The maximum atomic E-state index is 14.1. The number of fused-ring (bicyclic) bond motifs is 2. The van der Waals surface area contributed by atoms with Gasteiger partial charge >= 0.3 is 0 Å². The maximum Gasteiger partial charge on any atom is 0.254 e. The molecule has 178 valence electrons. The number of rotatable bonds is 6. The Morgan fingerprint density at radius 2 is 1.89 bits per heavy atom. The van der Waals surface area contributed by atoms with Crippen molar-refractivity contribution in [1.29, 1.82) is 0 Å². The van der Waals surface area contributed by atoms with Crippen LogP contribution in [0.1, 0.15) is 70.5 Å². The number of benzene rings is 2. The van der Waals surface area contributed by atoms with Gasteiger partial charge in [-0.15, -0.1) is 0 Å². The SMILES string of the molecule is CCc1ccc(CN(C(=O)c2ccc3nc(NC)c(C)cc3c2)C2CC(C)c3ccccc32)nc1. The Kier molecular flexibility index (Phi) is 6.25. The van der Waals surface area contributed by atoms with Gasteiger partial charge in [-0.1, -0.05) is 44.2 Å². The maximum absolute atomic E-state index is 14.1. The third-order valence-electron chi connectivity index (χ3n) is 7.22. The number of hydrogen-bond donors (Lipinski definition) is 1. The molecule has 5 heteroatoms. The molecule has 2 aromatic carbocycles. The summed E-state index contributed by atoms with van der Waals surface area (Å²) < 4.78 is 0. The number of amides is 1. The number of nitrogens with zero attached hydrogens (tertiary/aromatic N) is 3. The van der Waals surface area contributed by atoms with Gasteiger partial charge < -0.3 is 10.2 Å². The number of nitrogens with one attached hydrogen (secondary N) is 1. The zero-order chi connectivity index (χ0) is 24.5. The van der Waals surface area contributed by atoms with Gasteiger partial charge in [-0.25, -0.2) is 4.98 Å². The van der Waals surface area contributed by atoms with Crippen LogP contribution < -0.4 is 5.32 Å². The van der Waals surface area contributed by atoms with Crippen LogP contribution in [0.5, 0.6) is 0 Å². The Balaban J connectivity index is 1.55. The molecule has 2 unspecified atom stereocenters. The van der Waals surface area contributed by atoms with Gasteiger partial charge in [0, 0.05) is 24.2 Å². The lowest BCUT2D eigenvalue weighted by Gasteiger charge is -2.30. The van der Waals surface area contributed by atoms with E-state index in [0.29, 0.717) is 18.0 Å². The molecule has 2 aromatic heterocycles. The lowest BCUT2D eigenvalue weighted by molar-refractivity contribution is 0.0652. The van der Waals surface area contributed by atoms with Gasteiger partial charge in [-0.3, -0.25) is 9.78 Å². The summed E-state index contributed by atoms with van der Waals surface area (Å²) in [6.45, 7) is 6.88. The fraction of sp³-hybridized carbons (Fsp3) is 0.300. The molecule has 5 nitrogen and oxygen atoms in total. The first-order valence-corrected chi connectivity index (χ1v) is 12.4. The highest BCUT2D eigenvalue weighted by Crippen LogP contribution is 2.44. The smallest absolute Gasteiger partial charge is 0.254 e. The van der Waals surface area contributed by atoms with Gasteiger partial charge in [0.25, 0.3) is 5.91 Å². The molecule has 1 amide bonds. The van der Waals surface area contributed by atoms with Crippen molar-refractivity contribution >= 4 is 22.6 Å². The topological polar surface area (TPSA) is 58.1 Å². The summed E-state index contributed by atoms with van der Waals surface area (Å²) in [6.07, 6.45) is 3.79. The van der Waals surface area contributed by atoms with Crippen molar-refractivity contribution in [3.8, 4) is 0 Å². The first-order chi connectivity index (χ1) is 17.0. The average molecular weight is 465 g/mol. The summed E-state index contributed by atoms with van der Waals surface area (Å²) in [6, 6.07) is 20.6. The fourth-order valence-electron chi connectivity index (χ4n) is 5.24. The van der Waals surface area contributed by atoms with E-state index in [9.17, 15) is 4.79 Å². The fourth-order valence-corrected chi connectivity index (χ4v) is 5.24. The number of anilines is 1. The van der Waals surface area contributed by atoms with Crippen LogP contribution in [0.2, 0.25) is 0 Å². The zero-order valence-electron chi connectivity index (χ0n) is 20.9. The molecule has 1 N–H and O–H groups in total. The summed E-state index contributed by atoms with van der Waals surface area (Å²) in [4.78, 5) is 25.5. The van der Waals surface area contributed by atoms with Crippen molar-refractivity contribution in [2.24, 2.45) is 0 Å². The van der Waals surface area contributed by atoms with Gasteiger partial charge in [0.15, 0.2) is 0 Å². The van der Waals surface area contributed by atoms with E-state index in [1.807, 2.05) is 43.3 Å². The quantitative estimate of drug-likeness (QED) is 0.357. The van der Waals surface area contributed by atoms with E-state index in [-0.39, 0.29) is 11.9 Å². The van der Waals surface area contributed by atoms with Gasteiger partial charge in [0.2, 0.25) is 0 Å². The Bertz CT molecular complexity index is 1380. The lowest BCUT2D eigenvalue weighted by atomic mass is 10.0. The largest absolute Gasteiger partial charge is 0.373 e. The molecule has 0 bridgehead atoms. The molecule has 0 saturated heterocycles. The van der Waals surface area contributed by atoms with Crippen molar-refractivity contribution in [1.82, 2.24) is 14.9 Å². The highest BCUT2D eigenvalue weighted by molar-refractivity contribution is 5.98. The molecule has 0 spiro atoms. The van der Waals surface area contributed by atoms with E-state index < -0.39 is 0 Å². The minimum Gasteiger partial charge on any atom is -0.373 e. The molecular weight excluding hydrogens is 432 g/mol. The predicted molar refractivity (Wildman–Crippen MR) is 142 cm³/mol. The molecule has 2 heterocycles. The number of carbonyl (C=O) groups excluding carboxylic acids is 1. The van der Waals surface area contributed by atoms with E-state index in [0.717, 1.165) is 40.8 Å². The molecule has 4 aromatic rings. The number of carbonyl (C=O) groups is 1. The first kappa shape index (κ1) is 23.0. The van der Waals surface area contributed by atoms with Crippen LogP contribution in [0, 0.1) is 6.92 Å². The summed E-state index contributed by atoms with van der Waals surface area (Å²) in [5, 5.41) is 4.11. The highest BCUT2D eigenvalue weighted by atomic mass is 16.2. The summed E-state index contributed by atoms with van der Waals surface area (Å²) in [5.74, 6) is 1.29. The van der Waals surface area contributed by atoms with Crippen molar-refractivity contribution < 1.29 is 4.79 Å². The molecule has 1 aliphatic carbocycles. The Hall–Kier alpha value is -3.73. The predicted octanol–water partition coefficient (Wildman–Crippen LogP) is 6.43. The lowest BCUT2D eigenvalue weighted by Crippen LogP contribution is -2.34. The molecule has 0 radical (unpaired) electrons. The van der Waals surface area contributed by atoms with Crippen LogP contribution in [-0.4, -0.2) is 27.8 Å². The van der Waals surface area contributed by atoms with Crippen molar-refractivity contribution in [3.63, 3.8) is 0 Å². The second-order valence-electron chi connectivity index (χ2n) is 9.54. The van der Waals surface area contributed by atoms with E-state index in [1.165, 1.54) is 16.7 Å². The molecule has 1 aliphatic rings. The van der Waals surface area contributed by atoms with Crippen molar-refractivity contribution in [2.75, 3.05) is 12.4 Å². The molecule has 2 atom stereocenters. The number of pyridine rings is 2. The third kappa shape index (κ3) is 4.39. The minimum atomic E-state index is 0.0172. The van der Waals surface area contributed by atoms with Crippen LogP contribution in [0.3, 0.4) is 0 Å². The minimum absolute atomic E-state index is 0.0172. The molecule has 5 rings (SSSR count). The second kappa shape index (κ2) is 9.49. The van der Waals surface area contributed by atoms with Gasteiger partial charge in [-0.05, 0) is 78.3 Å². The van der Waals surface area contributed by atoms with E-state index in [1.54, 1.807) is 0 Å². The monoisotopic (exact) mass is 464 g/mol. The third-order valence-corrected chi connectivity index (χ3v) is 7.22. The van der Waals surface area contributed by atoms with E-state index in [4.69, 9.17) is 4.98 Å². The Morgan fingerprint density at radius 3 is 2.60 bits per heavy atom.